The van der Waals surface area contributed by atoms with Crippen LogP contribution in [0.1, 0.15) is 6.42 Å². The topological polar surface area (TPSA) is 101 Å². The molecule has 0 fully saturated rings. The van der Waals surface area contributed by atoms with E-state index in [2.05, 4.69) is 14.7 Å². The summed E-state index contributed by atoms with van der Waals surface area (Å²) in [6.07, 6.45) is 2.47. The Morgan fingerprint density at radius 1 is 1.50 bits per heavy atom. The highest BCUT2D eigenvalue weighted by molar-refractivity contribution is 7.89. The molecule has 1 aromatic rings. The Labute approximate surface area is 110 Å². The summed E-state index contributed by atoms with van der Waals surface area (Å²) >= 11 is 5.48. The zero-order valence-corrected chi connectivity index (χ0v) is 11.3. The SMILES string of the molecule is COCC(CCO)NS(=O)(=O)c1cnc(Cl)nc1. The van der Waals surface area contributed by atoms with Gasteiger partial charge in [0.05, 0.1) is 19.0 Å². The van der Waals surface area contributed by atoms with E-state index in [1.165, 1.54) is 7.11 Å². The van der Waals surface area contributed by atoms with Crippen LogP contribution >= 0.6 is 11.6 Å². The van der Waals surface area contributed by atoms with Crippen LogP contribution in [0.5, 0.6) is 0 Å². The van der Waals surface area contributed by atoms with E-state index in [9.17, 15) is 8.42 Å². The third-order valence-corrected chi connectivity index (χ3v) is 3.74. The van der Waals surface area contributed by atoms with Crippen molar-refractivity contribution in [2.24, 2.45) is 0 Å². The molecule has 0 radical (unpaired) electrons. The van der Waals surface area contributed by atoms with E-state index in [0.717, 1.165) is 12.4 Å². The second kappa shape index (κ2) is 6.95. The number of aromatic nitrogens is 2. The van der Waals surface area contributed by atoms with Crippen LogP contribution in [0.3, 0.4) is 0 Å². The van der Waals surface area contributed by atoms with Gasteiger partial charge in [0.2, 0.25) is 15.3 Å². The van der Waals surface area contributed by atoms with Crippen LogP contribution < -0.4 is 4.72 Å². The number of aliphatic hydroxyl groups excluding tert-OH is 1. The van der Waals surface area contributed by atoms with Gasteiger partial charge in [-0.25, -0.2) is 23.1 Å². The van der Waals surface area contributed by atoms with E-state index < -0.39 is 16.1 Å². The maximum atomic E-state index is 11.9. The molecular formula is C9H14ClN3O4S. The average Bonchev–Trinajstić information content (AvgIpc) is 2.29. The molecule has 1 rings (SSSR count). The molecule has 0 aromatic carbocycles. The maximum Gasteiger partial charge on any atom is 0.243 e. The molecule has 0 aliphatic carbocycles. The van der Waals surface area contributed by atoms with Crippen molar-refractivity contribution in [1.82, 2.24) is 14.7 Å². The van der Waals surface area contributed by atoms with Gasteiger partial charge in [-0.2, -0.15) is 0 Å². The van der Waals surface area contributed by atoms with E-state index >= 15 is 0 Å². The fraction of sp³-hybridized carbons (Fsp3) is 0.556. The molecule has 1 heterocycles. The number of ether oxygens (including phenoxy) is 1. The molecule has 0 spiro atoms. The van der Waals surface area contributed by atoms with Gasteiger partial charge in [0.15, 0.2) is 0 Å². The lowest BCUT2D eigenvalue weighted by Crippen LogP contribution is -2.38. The van der Waals surface area contributed by atoms with Crippen LogP contribution in [0.15, 0.2) is 17.3 Å². The minimum absolute atomic E-state index is 0.0299. The molecule has 0 amide bonds. The fourth-order valence-electron chi connectivity index (χ4n) is 1.26. The number of nitrogens with zero attached hydrogens (tertiary/aromatic N) is 2. The first-order valence-corrected chi connectivity index (χ1v) is 6.95. The largest absolute Gasteiger partial charge is 0.396 e. The van der Waals surface area contributed by atoms with Crippen LogP contribution in [-0.2, 0) is 14.8 Å². The Morgan fingerprint density at radius 2 is 2.11 bits per heavy atom. The lowest BCUT2D eigenvalue weighted by molar-refractivity contribution is 0.158. The number of nitrogens with one attached hydrogen (secondary N) is 1. The van der Waals surface area contributed by atoms with Gasteiger partial charge in [-0.1, -0.05) is 0 Å². The molecule has 0 aliphatic rings. The van der Waals surface area contributed by atoms with Crippen LogP contribution in [0.2, 0.25) is 5.28 Å². The first-order valence-electron chi connectivity index (χ1n) is 5.09. The summed E-state index contributed by atoms with van der Waals surface area (Å²) in [6.45, 7) is 0.0158. The zero-order chi connectivity index (χ0) is 13.6. The first kappa shape index (κ1) is 15.3. The standard InChI is InChI=1S/C9H14ClN3O4S/c1-17-6-7(2-3-14)13-18(15,16)8-4-11-9(10)12-5-8/h4-5,7,13-14H,2-3,6H2,1H3. The van der Waals surface area contributed by atoms with E-state index in [1.807, 2.05) is 0 Å². The lowest BCUT2D eigenvalue weighted by Gasteiger charge is -2.16. The van der Waals surface area contributed by atoms with Crippen molar-refractivity contribution in [3.05, 3.63) is 17.7 Å². The van der Waals surface area contributed by atoms with Crippen molar-refractivity contribution in [2.75, 3.05) is 20.3 Å². The molecule has 18 heavy (non-hydrogen) atoms. The molecule has 9 heteroatoms. The monoisotopic (exact) mass is 295 g/mol. The van der Waals surface area contributed by atoms with Gasteiger partial charge in [0, 0.05) is 19.8 Å². The lowest BCUT2D eigenvalue weighted by atomic mass is 10.2. The Hall–Kier alpha value is -0.800. The summed E-state index contributed by atoms with van der Waals surface area (Å²) in [6, 6.07) is -0.513. The average molecular weight is 296 g/mol. The van der Waals surface area contributed by atoms with Crippen molar-refractivity contribution in [3.8, 4) is 0 Å². The molecule has 0 aliphatic heterocycles. The molecular weight excluding hydrogens is 282 g/mol. The van der Waals surface area contributed by atoms with Gasteiger partial charge in [0.1, 0.15) is 4.90 Å². The Bertz CT molecular complexity index is 459. The van der Waals surface area contributed by atoms with E-state index in [1.54, 1.807) is 0 Å². The quantitative estimate of drug-likeness (QED) is 0.676. The summed E-state index contributed by atoms with van der Waals surface area (Å²) in [4.78, 5) is 7.11. The number of methoxy groups -OCH3 is 1. The molecule has 0 saturated heterocycles. The smallest absolute Gasteiger partial charge is 0.243 e. The molecule has 102 valence electrons. The van der Waals surface area contributed by atoms with Crippen LogP contribution in [0, 0.1) is 0 Å². The maximum absolute atomic E-state index is 11.9. The van der Waals surface area contributed by atoms with Crippen molar-refractivity contribution in [3.63, 3.8) is 0 Å². The highest BCUT2D eigenvalue weighted by Crippen LogP contribution is 2.09. The van der Waals surface area contributed by atoms with Crippen molar-refractivity contribution in [2.45, 2.75) is 17.4 Å². The molecule has 0 bridgehead atoms. The fourth-order valence-corrected chi connectivity index (χ4v) is 2.50. The van der Waals surface area contributed by atoms with E-state index in [0.29, 0.717) is 0 Å². The summed E-state index contributed by atoms with van der Waals surface area (Å²) in [5, 5.41) is 8.80. The number of halogens is 1. The Kier molecular flexibility index (Phi) is 5.89. The van der Waals surface area contributed by atoms with Gasteiger partial charge in [-0.15, -0.1) is 0 Å². The second-order valence-electron chi connectivity index (χ2n) is 3.47. The zero-order valence-electron chi connectivity index (χ0n) is 9.71. The first-order chi connectivity index (χ1) is 8.49. The van der Waals surface area contributed by atoms with Crippen molar-refractivity contribution >= 4 is 21.6 Å². The molecule has 2 N–H and O–H groups in total. The highest BCUT2D eigenvalue weighted by atomic mass is 35.5. The third kappa shape index (κ3) is 4.46. The summed E-state index contributed by atoms with van der Waals surface area (Å²) in [5.41, 5.74) is 0. The van der Waals surface area contributed by atoms with Gasteiger partial charge in [0.25, 0.3) is 0 Å². The predicted molar refractivity (Wildman–Crippen MR) is 64.7 cm³/mol. The highest BCUT2D eigenvalue weighted by Gasteiger charge is 2.20. The van der Waals surface area contributed by atoms with E-state index in [4.69, 9.17) is 21.4 Å². The number of rotatable bonds is 7. The van der Waals surface area contributed by atoms with E-state index in [-0.39, 0.29) is 29.8 Å². The van der Waals surface area contributed by atoms with Crippen LogP contribution in [-0.4, -0.2) is 49.9 Å². The molecule has 1 aromatic heterocycles. The Balaban J connectivity index is 2.82. The van der Waals surface area contributed by atoms with Gasteiger partial charge in [-0.3, -0.25) is 0 Å². The van der Waals surface area contributed by atoms with Crippen molar-refractivity contribution in [1.29, 1.82) is 0 Å². The van der Waals surface area contributed by atoms with Gasteiger partial charge < -0.3 is 9.84 Å². The molecule has 7 nitrogen and oxygen atoms in total. The normalized spacial score (nSPS) is 13.5. The second-order valence-corrected chi connectivity index (χ2v) is 5.53. The Morgan fingerprint density at radius 3 is 2.61 bits per heavy atom. The number of hydrogen-bond acceptors (Lipinski definition) is 6. The van der Waals surface area contributed by atoms with Crippen LogP contribution in [0.4, 0.5) is 0 Å². The predicted octanol–water partition coefficient (Wildman–Crippen LogP) is -0.194. The molecule has 1 unspecified atom stereocenters. The number of aliphatic hydroxyl groups is 1. The van der Waals surface area contributed by atoms with Crippen molar-refractivity contribution < 1.29 is 18.3 Å². The number of sulfonamides is 1. The van der Waals surface area contributed by atoms with Gasteiger partial charge in [-0.05, 0) is 18.0 Å². The number of hydrogen-bond donors (Lipinski definition) is 2. The van der Waals surface area contributed by atoms with Crippen LogP contribution in [0.25, 0.3) is 0 Å². The minimum Gasteiger partial charge on any atom is -0.396 e. The summed E-state index contributed by atoms with van der Waals surface area (Å²) in [7, 11) is -2.30. The summed E-state index contributed by atoms with van der Waals surface area (Å²) < 4.78 is 31.1. The summed E-state index contributed by atoms with van der Waals surface area (Å²) in [5.74, 6) is 0. The van der Waals surface area contributed by atoms with Gasteiger partial charge >= 0.3 is 0 Å². The molecule has 0 saturated carbocycles. The third-order valence-electron chi connectivity index (χ3n) is 2.07. The molecule has 1 atom stereocenters. The minimum atomic E-state index is -3.75.